The largest absolute Gasteiger partial charge is 0.348 e. The average molecular weight is 261 g/mol. The van der Waals surface area contributed by atoms with Crippen molar-refractivity contribution in [2.75, 3.05) is 0 Å². The second-order valence-corrected chi connectivity index (χ2v) is 5.63. The number of amides is 1. The highest BCUT2D eigenvalue weighted by atomic mass is 16.2. The van der Waals surface area contributed by atoms with Gasteiger partial charge in [-0.1, -0.05) is 13.3 Å². The standard InChI is InChI=1S/C16H24N2O/c1-3-6-13(2)17-16(19)12-18-10-9-14-7-4-5-8-15(14)11-18/h9-11,13H,3-8,12H2,1-2H3/p+1/t13-/m1/s1. The van der Waals surface area contributed by atoms with E-state index in [1.807, 2.05) is 10.8 Å². The highest BCUT2D eigenvalue weighted by Crippen LogP contribution is 2.18. The minimum absolute atomic E-state index is 0.113. The van der Waals surface area contributed by atoms with Gasteiger partial charge in [0.2, 0.25) is 6.54 Å². The molecule has 0 bridgehead atoms. The number of fused-ring (bicyclic) bond motifs is 1. The van der Waals surface area contributed by atoms with E-state index in [9.17, 15) is 4.79 Å². The van der Waals surface area contributed by atoms with Gasteiger partial charge in [-0.25, -0.2) is 0 Å². The highest BCUT2D eigenvalue weighted by Gasteiger charge is 2.16. The molecule has 0 radical (unpaired) electrons. The summed E-state index contributed by atoms with van der Waals surface area (Å²) in [5.74, 6) is 0.113. The summed E-state index contributed by atoms with van der Waals surface area (Å²) in [6.45, 7) is 4.64. The van der Waals surface area contributed by atoms with Crippen LogP contribution in [0.2, 0.25) is 0 Å². The number of carbonyl (C=O) groups is 1. The van der Waals surface area contributed by atoms with E-state index in [0.717, 1.165) is 19.3 Å². The first-order chi connectivity index (χ1) is 9.19. The molecule has 1 aromatic rings. The van der Waals surface area contributed by atoms with Gasteiger partial charge in [0.05, 0.1) is 0 Å². The van der Waals surface area contributed by atoms with Crippen LogP contribution in [-0.4, -0.2) is 11.9 Å². The molecule has 1 aliphatic carbocycles. The Kier molecular flexibility index (Phi) is 4.94. The summed E-state index contributed by atoms with van der Waals surface area (Å²) in [5, 5.41) is 3.05. The Morgan fingerprint density at radius 2 is 2.11 bits per heavy atom. The van der Waals surface area contributed by atoms with Crippen molar-refractivity contribution >= 4 is 5.91 Å². The highest BCUT2D eigenvalue weighted by molar-refractivity contribution is 5.74. The van der Waals surface area contributed by atoms with Gasteiger partial charge < -0.3 is 5.32 Å². The van der Waals surface area contributed by atoms with E-state index in [4.69, 9.17) is 0 Å². The molecule has 104 valence electrons. The molecule has 0 fully saturated rings. The number of hydrogen-bond donors (Lipinski definition) is 1. The predicted molar refractivity (Wildman–Crippen MR) is 75.8 cm³/mol. The molecular weight excluding hydrogens is 236 g/mol. The number of aromatic nitrogens is 1. The van der Waals surface area contributed by atoms with Crippen molar-refractivity contribution in [1.82, 2.24) is 5.32 Å². The summed E-state index contributed by atoms with van der Waals surface area (Å²) in [6, 6.07) is 2.45. The molecule has 0 spiro atoms. The molecule has 0 aliphatic heterocycles. The molecule has 0 unspecified atom stereocenters. The van der Waals surface area contributed by atoms with E-state index in [2.05, 4.69) is 31.4 Å². The number of rotatable bonds is 5. The van der Waals surface area contributed by atoms with Crippen molar-refractivity contribution in [2.45, 2.75) is 65.0 Å². The number of aryl methyl sites for hydroxylation is 2. The lowest BCUT2D eigenvalue weighted by Crippen LogP contribution is -2.45. The molecule has 1 aromatic heterocycles. The molecule has 1 amide bonds. The molecule has 0 aromatic carbocycles. The quantitative estimate of drug-likeness (QED) is 0.810. The molecule has 3 heteroatoms. The Balaban J connectivity index is 1.93. The summed E-state index contributed by atoms with van der Waals surface area (Å²) < 4.78 is 2.01. The van der Waals surface area contributed by atoms with Crippen molar-refractivity contribution in [3.63, 3.8) is 0 Å². The summed E-state index contributed by atoms with van der Waals surface area (Å²) >= 11 is 0. The third-order valence-corrected chi connectivity index (χ3v) is 3.80. The zero-order chi connectivity index (χ0) is 13.7. The minimum atomic E-state index is 0.113. The Labute approximate surface area is 116 Å². The van der Waals surface area contributed by atoms with Crippen molar-refractivity contribution in [1.29, 1.82) is 0 Å². The van der Waals surface area contributed by atoms with Crippen LogP contribution in [0.5, 0.6) is 0 Å². The zero-order valence-electron chi connectivity index (χ0n) is 12.1. The van der Waals surface area contributed by atoms with Crippen LogP contribution in [0.25, 0.3) is 0 Å². The van der Waals surface area contributed by atoms with Gasteiger partial charge in [0.25, 0.3) is 5.91 Å². The number of carbonyl (C=O) groups excluding carboxylic acids is 1. The maximum absolute atomic E-state index is 11.9. The monoisotopic (exact) mass is 261 g/mol. The fourth-order valence-electron chi connectivity index (χ4n) is 2.81. The van der Waals surface area contributed by atoms with Crippen LogP contribution in [0.15, 0.2) is 18.5 Å². The lowest BCUT2D eigenvalue weighted by atomic mass is 9.93. The summed E-state index contributed by atoms with van der Waals surface area (Å²) in [4.78, 5) is 11.9. The Morgan fingerprint density at radius 3 is 2.84 bits per heavy atom. The van der Waals surface area contributed by atoms with E-state index >= 15 is 0 Å². The minimum Gasteiger partial charge on any atom is -0.348 e. The Hall–Kier alpha value is -1.38. The first-order valence-electron chi connectivity index (χ1n) is 7.49. The van der Waals surface area contributed by atoms with Crippen molar-refractivity contribution in [2.24, 2.45) is 0 Å². The molecule has 3 nitrogen and oxygen atoms in total. The molecule has 0 saturated carbocycles. The fraction of sp³-hybridized carbons (Fsp3) is 0.625. The van der Waals surface area contributed by atoms with E-state index in [1.54, 1.807) is 0 Å². The summed E-state index contributed by atoms with van der Waals surface area (Å²) in [6.07, 6.45) is 11.3. The van der Waals surface area contributed by atoms with Crippen molar-refractivity contribution in [3.8, 4) is 0 Å². The van der Waals surface area contributed by atoms with Crippen LogP contribution in [0.3, 0.4) is 0 Å². The van der Waals surface area contributed by atoms with Crippen LogP contribution < -0.4 is 9.88 Å². The van der Waals surface area contributed by atoms with Crippen LogP contribution in [0, 0.1) is 0 Å². The summed E-state index contributed by atoms with van der Waals surface area (Å²) in [7, 11) is 0. The van der Waals surface area contributed by atoms with E-state index in [0.29, 0.717) is 6.54 Å². The maximum atomic E-state index is 11.9. The van der Waals surface area contributed by atoms with E-state index in [-0.39, 0.29) is 11.9 Å². The molecule has 2 rings (SSSR count). The number of nitrogens with one attached hydrogen (secondary N) is 1. The van der Waals surface area contributed by atoms with Gasteiger partial charge in [-0.15, -0.1) is 0 Å². The van der Waals surface area contributed by atoms with Gasteiger partial charge in [0.15, 0.2) is 12.4 Å². The van der Waals surface area contributed by atoms with E-state index in [1.165, 1.54) is 30.4 Å². The topological polar surface area (TPSA) is 33.0 Å². The third kappa shape index (κ3) is 4.05. The van der Waals surface area contributed by atoms with Crippen LogP contribution >= 0.6 is 0 Å². The molecule has 1 aliphatic rings. The van der Waals surface area contributed by atoms with Gasteiger partial charge in [0.1, 0.15) is 0 Å². The Morgan fingerprint density at radius 1 is 1.37 bits per heavy atom. The second kappa shape index (κ2) is 6.69. The maximum Gasteiger partial charge on any atom is 0.286 e. The van der Waals surface area contributed by atoms with Gasteiger partial charge in [-0.05, 0) is 44.6 Å². The van der Waals surface area contributed by atoms with Gasteiger partial charge in [0, 0.05) is 17.7 Å². The fourth-order valence-corrected chi connectivity index (χ4v) is 2.81. The third-order valence-electron chi connectivity index (χ3n) is 3.80. The molecule has 1 atom stereocenters. The van der Waals surface area contributed by atoms with E-state index < -0.39 is 0 Å². The van der Waals surface area contributed by atoms with Crippen LogP contribution in [-0.2, 0) is 24.2 Å². The normalized spacial score (nSPS) is 15.7. The predicted octanol–water partition coefficient (Wildman–Crippen LogP) is 2.16. The molecular formula is C16H25N2O+. The molecule has 0 saturated heterocycles. The second-order valence-electron chi connectivity index (χ2n) is 5.63. The van der Waals surface area contributed by atoms with Gasteiger partial charge in [-0.3, -0.25) is 4.79 Å². The van der Waals surface area contributed by atoms with Crippen LogP contribution in [0.1, 0.15) is 50.7 Å². The average Bonchev–Trinajstić information content (AvgIpc) is 2.38. The molecule has 19 heavy (non-hydrogen) atoms. The van der Waals surface area contributed by atoms with Crippen molar-refractivity contribution < 1.29 is 9.36 Å². The summed E-state index contributed by atoms with van der Waals surface area (Å²) in [5.41, 5.74) is 2.88. The smallest absolute Gasteiger partial charge is 0.286 e. The number of nitrogens with zero attached hydrogens (tertiary/aromatic N) is 1. The first-order valence-corrected chi connectivity index (χ1v) is 7.49. The van der Waals surface area contributed by atoms with Crippen molar-refractivity contribution in [3.05, 3.63) is 29.6 Å². The first kappa shape index (κ1) is 14.0. The van der Waals surface area contributed by atoms with Crippen LogP contribution in [0.4, 0.5) is 0 Å². The van der Waals surface area contributed by atoms with Gasteiger partial charge >= 0.3 is 0 Å². The number of hydrogen-bond acceptors (Lipinski definition) is 1. The zero-order valence-corrected chi connectivity index (χ0v) is 12.1. The molecule has 1 heterocycles. The SMILES string of the molecule is CCC[C@@H](C)NC(=O)C[n+]1ccc2c(c1)CCCC2. The lowest BCUT2D eigenvalue weighted by Gasteiger charge is -2.14. The lowest BCUT2D eigenvalue weighted by molar-refractivity contribution is -0.685. The Bertz CT molecular complexity index is 442. The number of pyridine rings is 1. The van der Waals surface area contributed by atoms with Gasteiger partial charge in [-0.2, -0.15) is 4.57 Å². The molecule has 1 N–H and O–H groups in total.